The van der Waals surface area contributed by atoms with Gasteiger partial charge in [0.15, 0.2) is 17.3 Å². The lowest BCUT2D eigenvalue weighted by Crippen LogP contribution is -2.24. The summed E-state index contributed by atoms with van der Waals surface area (Å²) < 4.78 is 47.0. The summed E-state index contributed by atoms with van der Waals surface area (Å²) in [6, 6.07) is 10.9. The van der Waals surface area contributed by atoms with Gasteiger partial charge in [0.2, 0.25) is 0 Å². The lowest BCUT2D eigenvalue weighted by atomic mass is 9.97. The van der Waals surface area contributed by atoms with Crippen molar-refractivity contribution in [3.63, 3.8) is 0 Å². The zero-order valence-electron chi connectivity index (χ0n) is 21.1. The van der Waals surface area contributed by atoms with Crippen LogP contribution in [0.4, 0.5) is 8.78 Å². The Morgan fingerprint density at radius 3 is 2.50 bits per heavy atom. The second-order valence-corrected chi connectivity index (χ2v) is 8.67. The molecule has 9 heteroatoms. The van der Waals surface area contributed by atoms with Crippen molar-refractivity contribution in [1.29, 1.82) is 0 Å². The largest absolute Gasteiger partial charge is 0.493 e. The van der Waals surface area contributed by atoms with Crippen molar-refractivity contribution in [3.05, 3.63) is 94.3 Å². The maximum Gasteiger partial charge on any atom is 0.261 e. The Labute approximate surface area is 217 Å². The first kappa shape index (κ1) is 25.1. The summed E-state index contributed by atoms with van der Waals surface area (Å²) in [5, 5.41) is 0.650. The quantitative estimate of drug-likeness (QED) is 0.300. The molecule has 5 rings (SSSR count). The van der Waals surface area contributed by atoms with E-state index in [9.17, 15) is 9.18 Å². The van der Waals surface area contributed by atoms with Gasteiger partial charge in [0.25, 0.3) is 5.56 Å². The molecule has 1 aliphatic carbocycles. The molecule has 2 heterocycles. The predicted octanol–water partition coefficient (Wildman–Crippen LogP) is 5.98. The van der Waals surface area contributed by atoms with Gasteiger partial charge < -0.3 is 14.2 Å². The van der Waals surface area contributed by atoms with Gasteiger partial charge in [-0.3, -0.25) is 14.3 Å². The van der Waals surface area contributed by atoms with E-state index in [-0.39, 0.29) is 23.6 Å². The first-order valence-corrected chi connectivity index (χ1v) is 12.1. The van der Waals surface area contributed by atoms with Crippen LogP contribution >= 0.6 is 0 Å². The molecule has 7 nitrogen and oxygen atoms in total. The van der Waals surface area contributed by atoms with Gasteiger partial charge in [-0.15, -0.1) is 0 Å². The third kappa shape index (κ3) is 4.74. The molecule has 0 aliphatic heterocycles. The van der Waals surface area contributed by atoms with Crippen molar-refractivity contribution in [2.24, 2.45) is 7.05 Å². The zero-order chi connectivity index (χ0) is 26.8. The van der Waals surface area contributed by atoms with Crippen LogP contribution in [0.15, 0.2) is 77.3 Å². The molecule has 1 aliphatic rings. The van der Waals surface area contributed by atoms with Gasteiger partial charge in [0.05, 0.1) is 24.8 Å². The summed E-state index contributed by atoms with van der Waals surface area (Å²) in [4.78, 5) is 21.9. The standard InChI is InChI=1S/C29H25F2N3O4/c1-4-37-27-15-23-20(14-26(27)36-3)24(11-12-32-23)38-25-10-7-18(13-22(25)31)21-16-33-28(34(2)29(21)35)17-5-8-19(30)9-6-17/h5-6,8-9,11-16H,4,7,10H2,1-3H3. The lowest BCUT2D eigenvalue weighted by Gasteiger charge is -2.19. The molecule has 0 N–H and O–H groups in total. The number of rotatable bonds is 7. The van der Waals surface area contributed by atoms with Crippen molar-refractivity contribution < 1.29 is 23.0 Å². The third-order valence-corrected chi connectivity index (χ3v) is 6.33. The van der Waals surface area contributed by atoms with E-state index in [1.165, 1.54) is 29.0 Å². The number of fused-ring (bicyclic) bond motifs is 1. The lowest BCUT2D eigenvalue weighted by molar-refractivity contribution is 0.311. The second kappa shape index (κ2) is 10.5. The van der Waals surface area contributed by atoms with Gasteiger partial charge in [-0.2, -0.15) is 0 Å². The molecule has 0 radical (unpaired) electrons. The maximum atomic E-state index is 15.2. The van der Waals surface area contributed by atoms with E-state index in [4.69, 9.17) is 14.2 Å². The van der Waals surface area contributed by atoms with Crippen LogP contribution in [0.3, 0.4) is 0 Å². The molecule has 4 aromatic rings. The normalized spacial score (nSPS) is 13.4. The summed E-state index contributed by atoms with van der Waals surface area (Å²) in [5.74, 6) is 1.10. The van der Waals surface area contributed by atoms with E-state index in [1.54, 1.807) is 50.7 Å². The average molecular weight is 518 g/mol. The van der Waals surface area contributed by atoms with Gasteiger partial charge in [0, 0.05) is 42.9 Å². The van der Waals surface area contributed by atoms with E-state index >= 15 is 4.39 Å². The zero-order valence-corrected chi connectivity index (χ0v) is 21.1. The highest BCUT2D eigenvalue weighted by Crippen LogP contribution is 2.38. The number of nitrogens with zero attached hydrogens (tertiary/aromatic N) is 3. The Kier molecular flexibility index (Phi) is 6.91. The number of halogens is 2. The number of methoxy groups -OCH3 is 1. The summed E-state index contributed by atoms with van der Waals surface area (Å²) in [6.07, 6.45) is 4.96. The van der Waals surface area contributed by atoms with Crippen LogP contribution in [0.5, 0.6) is 17.2 Å². The fourth-order valence-electron chi connectivity index (χ4n) is 4.40. The van der Waals surface area contributed by atoms with Crippen molar-refractivity contribution >= 4 is 16.5 Å². The van der Waals surface area contributed by atoms with E-state index in [0.717, 1.165) is 0 Å². The fourth-order valence-corrected chi connectivity index (χ4v) is 4.40. The Morgan fingerprint density at radius 2 is 1.79 bits per heavy atom. The third-order valence-electron chi connectivity index (χ3n) is 6.33. The molecule has 0 atom stereocenters. The highest BCUT2D eigenvalue weighted by atomic mass is 19.1. The molecule has 0 saturated heterocycles. The van der Waals surface area contributed by atoms with Crippen LogP contribution in [-0.2, 0) is 7.05 Å². The summed E-state index contributed by atoms with van der Waals surface area (Å²) in [6.45, 7) is 2.35. The number of hydrogen-bond acceptors (Lipinski definition) is 6. The molecule has 0 fully saturated rings. The molecule has 0 bridgehead atoms. The Hall–Kier alpha value is -4.53. The molecule has 0 saturated carbocycles. The van der Waals surface area contributed by atoms with Gasteiger partial charge in [0.1, 0.15) is 23.2 Å². The number of benzene rings is 2. The van der Waals surface area contributed by atoms with Gasteiger partial charge in [-0.1, -0.05) is 0 Å². The monoisotopic (exact) mass is 517 g/mol. The van der Waals surface area contributed by atoms with Crippen LogP contribution in [0, 0.1) is 5.82 Å². The summed E-state index contributed by atoms with van der Waals surface area (Å²) in [5.41, 5.74) is 1.73. The first-order chi connectivity index (χ1) is 18.4. The molecular formula is C29H25F2N3O4. The number of hydrogen-bond donors (Lipinski definition) is 0. The van der Waals surface area contributed by atoms with Crippen molar-refractivity contribution in [3.8, 4) is 28.6 Å². The van der Waals surface area contributed by atoms with E-state index in [1.807, 2.05) is 6.92 Å². The van der Waals surface area contributed by atoms with Crippen molar-refractivity contribution in [1.82, 2.24) is 14.5 Å². The molecule has 194 valence electrons. The molecular weight excluding hydrogens is 492 g/mol. The molecule has 2 aromatic heterocycles. The minimum Gasteiger partial charge on any atom is -0.493 e. The minimum atomic E-state index is -0.571. The smallest absolute Gasteiger partial charge is 0.261 e. The predicted molar refractivity (Wildman–Crippen MR) is 140 cm³/mol. The van der Waals surface area contributed by atoms with Crippen LogP contribution in [0.25, 0.3) is 27.9 Å². The molecule has 2 aromatic carbocycles. The van der Waals surface area contributed by atoms with Crippen molar-refractivity contribution in [2.75, 3.05) is 13.7 Å². The number of allylic oxidation sites excluding steroid dienone is 4. The second-order valence-electron chi connectivity index (χ2n) is 8.67. The fraction of sp³-hybridized carbons (Fsp3) is 0.207. The molecule has 0 spiro atoms. The Morgan fingerprint density at radius 1 is 1.00 bits per heavy atom. The SMILES string of the molecule is CCOc1cc2nccc(OC3=C(F)C=C(c4cnc(-c5ccc(F)cc5)n(C)c4=O)CC3)c2cc1OC. The summed E-state index contributed by atoms with van der Waals surface area (Å²) in [7, 11) is 3.13. The first-order valence-electron chi connectivity index (χ1n) is 12.1. The van der Waals surface area contributed by atoms with Crippen LogP contribution in [-0.4, -0.2) is 28.3 Å². The number of aromatic nitrogens is 3. The van der Waals surface area contributed by atoms with E-state index in [0.29, 0.717) is 63.7 Å². The van der Waals surface area contributed by atoms with Gasteiger partial charge >= 0.3 is 0 Å². The maximum absolute atomic E-state index is 15.2. The highest BCUT2D eigenvalue weighted by molar-refractivity contribution is 5.88. The highest BCUT2D eigenvalue weighted by Gasteiger charge is 2.21. The minimum absolute atomic E-state index is 0.154. The van der Waals surface area contributed by atoms with Gasteiger partial charge in [-0.25, -0.2) is 13.8 Å². The number of ether oxygens (including phenoxy) is 3. The van der Waals surface area contributed by atoms with Crippen LogP contribution in [0.2, 0.25) is 0 Å². The topological polar surface area (TPSA) is 75.5 Å². The summed E-state index contributed by atoms with van der Waals surface area (Å²) >= 11 is 0. The number of pyridine rings is 1. The molecule has 38 heavy (non-hydrogen) atoms. The molecule has 0 amide bonds. The van der Waals surface area contributed by atoms with Gasteiger partial charge in [-0.05, 0) is 61.4 Å². The van der Waals surface area contributed by atoms with Crippen molar-refractivity contribution in [2.45, 2.75) is 19.8 Å². The van der Waals surface area contributed by atoms with Crippen LogP contribution < -0.4 is 19.8 Å². The Bertz CT molecular complexity index is 1640. The van der Waals surface area contributed by atoms with E-state index in [2.05, 4.69) is 9.97 Å². The Balaban J connectivity index is 1.46. The van der Waals surface area contributed by atoms with Crippen LogP contribution in [0.1, 0.15) is 25.3 Å². The average Bonchev–Trinajstić information content (AvgIpc) is 2.92. The molecule has 0 unspecified atom stereocenters. The van der Waals surface area contributed by atoms with E-state index < -0.39 is 5.83 Å².